The van der Waals surface area contributed by atoms with Gasteiger partial charge in [-0.3, -0.25) is 9.88 Å². The lowest BCUT2D eigenvalue weighted by atomic mass is 9.90. The van der Waals surface area contributed by atoms with Crippen molar-refractivity contribution in [1.29, 1.82) is 0 Å². The van der Waals surface area contributed by atoms with Crippen LogP contribution >= 0.6 is 0 Å². The second-order valence-corrected chi connectivity index (χ2v) is 7.63. The molecule has 0 radical (unpaired) electrons. The highest BCUT2D eigenvalue weighted by Crippen LogP contribution is 2.33. The molecule has 0 spiro atoms. The van der Waals surface area contributed by atoms with E-state index >= 15 is 0 Å². The van der Waals surface area contributed by atoms with Gasteiger partial charge in [-0.05, 0) is 62.4 Å². The van der Waals surface area contributed by atoms with Crippen LogP contribution in [0.4, 0.5) is 4.79 Å². The van der Waals surface area contributed by atoms with Crippen LogP contribution in [0.5, 0.6) is 0 Å². The van der Waals surface area contributed by atoms with Crippen LogP contribution in [0.1, 0.15) is 48.8 Å². The molecule has 1 atom stereocenters. The average Bonchev–Trinajstić information content (AvgIpc) is 3.14. The molecule has 1 aliphatic carbocycles. The first-order valence-corrected chi connectivity index (χ1v) is 10.4. The largest absolute Gasteiger partial charge is 0.352 e. The summed E-state index contributed by atoms with van der Waals surface area (Å²) in [6, 6.07) is 12.2. The fourth-order valence-corrected chi connectivity index (χ4v) is 4.21. The standard InChI is InChI=1S/C22H28N6O/c23-22(29)25-12-3-4-14-28(15-20-26-17-9-1-2-10-18(17)27-20)19-11-5-7-16-8-6-13-24-21(16)19/h1-2,6,8-10,13,19H,3-5,7,11-12,14-15H2,(H,26,27)(H3,23,25,29)/t19-/m0/s1. The number of para-hydroxylation sites is 2. The van der Waals surface area contributed by atoms with E-state index in [2.05, 4.69) is 27.3 Å². The highest BCUT2D eigenvalue weighted by molar-refractivity contribution is 5.74. The summed E-state index contributed by atoms with van der Waals surface area (Å²) in [6.45, 7) is 2.27. The van der Waals surface area contributed by atoms with Crippen molar-refractivity contribution >= 4 is 17.1 Å². The summed E-state index contributed by atoms with van der Waals surface area (Å²) in [6.07, 6.45) is 7.13. The number of fused-ring (bicyclic) bond motifs is 2. The molecule has 0 saturated carbocycles. The zero-order valence-electron chi connectivity index (χ0n) is 16.6. The minimum Gasteiger partial charge on any atom is -0.352 e. The minimum atomic E-state index is -0.463. The van der Waals surface area contributed by atoms with Crippen LogP contribution in [0.3, 0.4) is 0 Å². The van der Waals surface area contributed by atoms with E-state index < -0.39 is 6.03 Å². The number of nitrogens with zero attached hydrogens (tertiary/aromatic N) is 3. The van der Waals surface area contributed by atoms with Crippen molar-refractivity contribution in [2.24, 2.45) is 5.73 Å². The Balaban J connectivity index is 1.51. The number of aromatic nitrogens is 3. The fourth-order valence-electron chi connectivity index (χ4n) is 4.21. The first-order chi connectivity index (χ1) is 14.2. The molecule has 29 heavy (non-hydrogen) atoms. The Bertz CT molecular complexity index is 936. The number of imidazole rings is 1. The summed E-state index contributed by atoms with van der Waals surface area (Å²) >= 11 is 0. The van der Waals surface area contributed by atoms with E-state index in [0.717, 1.165) is 55.6 Å². The van der Waals surface area contributed by atoms with Gasteiger partial charge in [-0.25, -0.2) is 9.78 Å². The zero-order chi connectivity index (χ0) is 20.1. The molecule has 1 aliphatic rings. The smallest absolute Gasteiger partial charge is 0.312 e. The van der Waals surface area contributed by atoms with Crippen molar-refractivity contribution in [1.82, 2.24) is 25.2 Å². The third kappa shape index (κ3) is 4.74. The van der Waals surface area contributed by atoms with Crippen molar-refractivity contribution in [3.05, 3.63) is 59.7 Å². The summed E-state index contributed by atoms with van der Waals surface area (Å²) in [7, 11) is 0. The molecule has 3 aromatic rings. The van der Waals surface area contributed by atoms with Gasteiger partial charge in [0.1, 0.15) is 5.82 Å². The van der Waals surface area contributed by atoms with Crippen LogP contribution in [-0.2, 0) is 13.0 Å². The number of aryl methyl sites for hydroxylation is 1. The number of H-pyrrole nitrogens is 1. The number of urea groups is 1. The second-order valence-electron chi connectivity index (χ2n) is 7.63. The number of hydrogen-bond donors (Lipinski definition) is 3. The normalized spacial score (nSPS) is 16.1. The van der Waals surface area contributed by atoms with Crippen LogP contribution in [0.2, 0.25) is 0 Å². The average molecular weight is 393 g/mol. The molecular weight excluding hydrogens is 364 g/mol. The molecule has 7 heteroatoms. The molecule has 1 aromatic carbocycles. The van der Waals surface area contributed by atoms with Crippen LogP contribution < -0.4 is 11.1 Å². The molecule has 0 unspecified atom stereocenters. The number of aromatic amines is 1. The monoisotopic (exact) mass is 392 g/mol. The Kier molecular flexibility index (Phi) is 6.05. The Hall–Kier alpha value is -2.93. The van der Waals surface area contributed by atoms with Crippen LogP contribution in [-0.4, -0.2) is 39.0 Å². The van der Waals surface area contributed by atoms with Gasteiger partial charge in [-0.2, -0.15) is 0 Å². The van der Waals surface area contributed by atoms with E-state index in [1.165, 1.54) is 17.7 Å². The lowest BCUT2D eigenvalue weighted by Gasteiger charge is -2.34. The topological polar surface area (TPSA) is 99.9 Å². The number of pyridine rings is 1. The third-order valence-electron chi connectivity index (χ3n) is 5.57. The Morgan fingerprint density at radius 3 is 3.00 bits per heavy atom. The zero-order valence-corrected chi connectivity index (χ0v) is 16.6. The van der Waals surface area contributed by atoms with E-state index in [1.54, 1.807) is 0 Å². The molecule has 4 N–H and O–H groups in total. The van der Waals surface area contributed by atoms with Crippen LogP contribution in [0.15, 0.2) is 42.6 Å². The van der Waals surface area contributed by atoms with Gasteiger partial charge in [0, 0.05) is 12.7 Å². The Labute approximate surface area is 170 Å². The van der Waals surface area contributed by atoms with Crippen molar-refractivity contribution in [2.45, 2.75) is 44.7 Å². The molecule has 4 rings (SSSR count). The number of rotatable bonds is 8. The number of nitrogens with two attached hydrogens (primary N) is 1. The number of nitrogens with one attached hydrogen (secondary N) is 2. The number of unbranched alkanes of at least 4 members (excludes halogenated alkanes) is 1. The van der Waals surface area contributed by atoms with Gasteiger partial charge < -0.3 is 16.0 Å². The number of amides is 2. The number of hydrogen-bond acceptors (Lipinski definition) is 4. The molecule has 0 bridgehead atoms. The van der Waals surface area contributed by atoms with Gasteiger partial charge in [-0.1, -0.05) is 18.2 Å². The molecule has 2 aromatic heterocycles. The first kappa shape index (κ1) is 19.4. The molecule has 7 nitrogen and oxygen atoms in total. The molecule has 0 saturated heterocycles. The SMILES string of the molecule is NC(=O)NCCCCN(Cc1nc2ccccc2[nH]1)[C@H]1CCCc2cccnc21. The number of primary amides is 1. The summed E-state index contributed by atoms with van der Waals surface area (Å²) in [5, 5.41) is 2.67. The van der Waals surface area contributed by atoms with Gasteiger partial charge in [0.15, 0.2) is 0 Å². The van der Waals surface area contributed by atoms with Gasteiger partial charge in [-0.15, -0.1) is 0 Å². The molecule has 2 heterocycles. The lowest BCUT2D eigenvalue weighted by Crippen LogP contribution is -2.34. The number of carbonyl (C=O) groups is 1. The number of carbonyl (C=O) groups excluding carboxylic acids is 1. The maximum Gasteiger partial charge on any atom is 0.312 e. The van der Waals surface area contributed by atoms with Crippen LogP contribution in [0.25, 0.3) is 11.0 Å². The van der Waals surface area contributed by atoms with Crippen molar-refractivity contribution < 1.29 is 4.79 Å². The summed E-state index contributed by atoms with van der Waals surface area (Å²) < 4.78 is 0. The lowest BCUT2D eigenvalue weighted by molar-refractivity contribution is 0.159. The maximum atomic E-state index is 10.9. The summed E-state index contributed by atoms with van der Waals surface area (Å²) in [5.41, 5.74) is 9.78. The Morgan fingerprint density at radius 2 is 2.14 bits per heavy atom. The van der Waals surface area contributed by atoms with E-state index in [0.29, 0.717) is 6.54 Å². The highest BCUT2D eigenvalue weighted by atomic mass is 16.2. The predicted octanol–water partition coefficient (Wildman–Crippen LogP) is 3.29. The quantitative estimate of drug-likeness (QED) is 0.512. The van der Waals surface area contributed by atoms with E-state index in [1.807, 2.05) is 30.5 Å². The van der Waals surface area contributed by atoms with Crippen LogP contribution in [0, 0.1) is 0 Å². The summed E-state index contributed by atoms with van der Waals surface area (Å²) in [5.74, 6) is 0.976. The molecule has 0 fully saturated rings. The second kappa shape index (κ2) is 9.05. The van der Waals surface area contributed by atoms with Crippen molar-refractivity contribution in [3.63, 3.8) is 0 Å². The van der Waals surface area contributed by atoms with E-state index in [4.69, 9.17) is 15.7 Å². The highest BCUT2D eigenvalue weighted by Gasteiger charge is 2.27. The number of benzene rings is 1. The van der Waals surface area contributed by atoms with Gasteiger partial charge in [0.25, 0.3) is 0 Å². The third-order valence-corrected chi connectivity index (χ3v) is 5.57. The summed E-state index contributed by atoms with van der Waals surface area (Å²) in [4.78, 5) is 26.3. The first-order valence-electron chi connectivity index (χ1n) is 10.4. The van der Waals surface area contributed by atoms with E-state index in [9.17, 15) is 4.79 Å². The molecule has 152 valence electrons. The van der Waals surface area contributed by atoms with Gasteiger partial charge in [0.2, 0.25) is 0 Å². The van der Waals surface area contributed by atoms with Gasteiger partial charge in [0.05, 0.1) is 29.3 Å². The molecule has 0 aliphatic heterocycles. The molecule has 2 amide bonds. The fraction of sp³-hybridized carbons (Fsp3) is 0.409. The van der Waals surface area contributed by atoms with Gasteiger partial charge >= 0.3 is 6.03 Å². The minimum absolute atomic E-state index is 0.289. The maximum absolute atomic E-state index is 10.9. The van der Waals surface area contributed by atoms with Crippen molar-refractivity contribution in [3.8, 4) is 0 Å². The molecular formula is C22H28N6O. The predicted molar refractivity (Wildman–Crippen MR) is 113 cm³/mol. The van der Waals surface area contributed by atoms with E-state index in [-0.39, 0.29) is 6.04 Å². The Morgan fingerprint density at radius 1 is 1.24 bits per heavy atom. The van der Waals surface area contributed by atoms with Crippen molar-refractivity contribution in [2.75, 3.05) is 13.1 Å².